The Morgan fingerprint density at radius 3 is 2.85 bits per heavy atom. The molecule has 0 saturated heterocycles. The van der Waals surface area contributed by atoms with Gasteiger partial charge in [0.1, 0.15) is 0 Å². The molecule has 1 aromatic heterocycles. The van der Waals surface area contributed by atoms with E-state index in [1.807, 2.05) is 24.3 Å². The fourth-order valence-corrected chi connectivity index (χ4v) is 1.97. The van der Waals surface area contributed by atoms with Crippen LogP contribution in [0.1, 0.15) is 41.7 Å². The van der Waals surface area contributed by atoms with E-state index in [-0.39, 0.29) is 17.7 Å². The molecule has 106 valence electrons. The number of nitrogens with one attached hydrogen (secondary N) is 2. The van der Waals surface area contributed by atoms with Gasteiger partial charge in [0.05, 0.1) is 5.69 Å². The summed E-state index contributed by atoms with van der Waals surface area (Å²) in [5.74, 6) is -0.0773. The lowest BCUT2D eigenvalue weighted by Crippen LogP contribution is -2.18. The molecule has 2 aromatic rings. The summed E-state index contributed by atoms with van der Waals surface area (Å²) >= 11 is 0. The van der Waals surface area contributed by atoms with Crippen LogP contribution in [0.15, 0.2) is 34.9 Å². The third kappa shape index (κ3) is 3.45. The number of hydrogen-bond acceptors (Lipinski definition) is 4. The van der Waals surface area contributed by atoms with E-state index in [2.05, 4.69) is 29.6 Å². The van der Waals surface area contributed by atoms with E-state index in [0.29, 0.717) is 5.69 Å². The number of amides is 1. The number of rotatable bonds is 5. The fraction of sp³-hybridized carbons (Fsp3) is 0.333. The fourth-order valence-electron chi connectivity index (χ4n) is 1.97. The van der Waals surface area contributed by atoms with Gasteiger partial charge < -0.3 is 15.2 Å². The Balaban J connectivity index is 2.09. The number of anilines is 1. The lowest BCUT2D eigenvalue weighted by molar-refractivity contribution is 0.0988. The van der Waals surface area contributed by atoms with Crippen LogP contribution in [0.4, 0.5) is 5.69 Å². The number of carbonyl (C=O) groups is 1. The quantitative estimate of drug-likeness (QED) is 0.879. The number of benzene rings is 1. The van der Waals surface area contributed by atoms with E-state index in [4.69, 9.17) is 4.52 Å². The second kappa shape index (κ2) is 6.34. The van der Waals surface area contributed by atoms with Crippen LogP contribution >= 0.6 is 0 Å². The molecule has 0 aliphatic carbocycles. The minimum absolute atomic E-state index is 0.215. The van der Waals surface area contributed by atoms with E-state index in [1.165, 1.54) is 0 Å². The normalized spacial score (nSPS) is 12.2. The maximum atomic E-state index is 12.0. The molecule has 1 amide bonds. The zero-order valence-corrected chi connectivity index (χ0v) is 11.9. The Bertz CT molecular complexity index is 592. The van der Waals surface area contributed by atoms with Crippen LogP contribution in [-0.2, 0) is 0 Å². The first-order valence-corrected chi connectivity index (χ1v) is 6.68. The highest BCUT2D eigenvalue weighted by Gasteiger charge is 2.12. The number of aryl methyl sites for hydroxylation is 1. The highest BCUT2D eigenvalue weighted by atomic mass is 16.5. The minimum atomic E-state index is -0.293. The van der Waals surface area contributed by atoms with Gasteiger partial charge in [0.2, 0.25) is 5.76 Å². The molecule has 5 heteroatoms. The van der Waals surface area contributed by atoms with Gasteiger partial charge in [-0.25, -0.2) is 0 Å². The summed E-state index contributed by atoms with van der Waals surface area (Å²) in [6.07, 6.45) is 0. The SMILES string of the molecule is CCNC(C)c1cccc(NC(=O)c2cc(C)no2)c1. The van der Waals surface area contributed by atoms with Crippen molar-refractivity contribution < 1.29 is 9.32 Å². The Morgan fingerprint density at radius 2 is 2.20 bits per heavy atom. The minimum Gasteiger partial charge on any atom is -0.351 e. The first-order chi connectivity index (χ1) is 9.60. The first-order valence-electron chi connectivity index (χ1n) is 6.68. The van der Waals surface area contributed by atoms with Gasteiger partial charge in [0.15, 0.2) is 0 Å². The molecule has 0 aliphatic rings. The van der Waals surface area contributed by atoms with Crippen molar-refractivity contribution in [3.05, 3.63) is 47.3 Å². The van der Waals surface area contributed by atoms with Crippen molar-refractivity contribution >= 4 is 11.6 Å². The summed E-state index contributed by atoms with van der Waals surface area (Å²) in [5, 5.41) is 9.85. The molecule has 0 fully saturated rings. The average molecular weight is 273 g/mol. The monoisotopic (exact) mass is 273 g/mol. The molecule has 0 saturated carbocycles. The molecule has 0 bridgehead atoms. The van der Waals surface area contributed by atoms with E-state index < -0.39 is 0 Å². The molecule has 2 N–H and O–H groups in total. The van der Waals surface area contributed by atoms with Crippen molar-refractivity contribution in [1.82, 2.24) is 10.5 Å². The Morgan fingerprint density at radius 1 is 1.40 bits per heavy atom. The van der Waals surface area contributed by atoms with E-state index in [0.717, 1.165) is 17.8 Å². The standard InChI is InChI=1S/C15H19N3O2/c1-4-16-11(3)12-6-5-7-13(9-12)17-15(19)14-8-10(2)18-20-14/h5-9,11,16H,4H2,1-3H3,(H,17,19). The average Bonchev–Trinajstić information content (AvgIpc) is 2.86. The first kappa shape index (κ1) is 14.3. The number of carbonyl (C=O) groups excluding carboxylic acids is 1. The van der Waals surface area contributed by atoms with Crippen molar-refractivity contribution in [2.24, 2.45) is 0 Å². The number of aromatic nitrogens is 1. The third-order valence-corrected chi connectivity index (χ3v) is 3.01. The van der Waals surface area contributed by atoms with E-state index in [1.54, 1.807) is 13.0 Å². The molecule has 1 heterocycles. The van der Waals surface area contributed by atoms with Crippen LogP contribution in [0.5, 0.6) is 0 Å². The molecule has 20 heavy (non-hydrogen) atoms. The van der Waals surface area contributed by atoms with Crippen molar-refractivity contribution in [2.45, 2.75) is 26.8 Å². The van der Waals surface area contributed by atoms with E-state index in [9.17, 15) is 4.79 Å². The summed E-state index contributed by atoms with van der Waals surface area (Å²) < 4.78 is 4.94. The topological polar surface area (TPSA) is 67.2 Å². The van der Waals surface area contributed by atoms with Crippen LogP contribution < -0.4 is 10.6 Å². The second-order valence-electron chi connectivity index (χ2n) is 4.69. The molecule has 1 atom stereocenters. The summed E-state index contributed by atoms with van der Waals surface area (Å²) in [6.45, 7) is 6.83. The van der Waals surface area contributed by atoms with Gasteiger partial charge in [0, 0.05) is 17.8 Å². The van der Waals surface area contributed by atoms with Crippen molar-refractivity contribution in [2.75, 3.05) is 11.9 Å². The van der Waals surface area contributed by atoms with Gasteiger partial charge in [-0.1, -0.05) is 24.2 Å². The van der Waals surface area contributed by atoms with Gasteiger partial charge in [-0.3, -0.25) is 4.79 Å². The Labute approximate surface area is 118 Å². The van der Waals surface area contributed by atoms with Crippen molar-refractivity contribution in [1.29, 1.82) is 0 Å². The van der Waals surface area contributed by atoms with Crippen LogP contribution in [0, 0.1) is 6.92 Å². The van der Waals surface area contributed by atoms with Crippen LogP contribution in [0.25, 0.3) is 0 Å². The van der Waals surface area contributed by atoms with Crippen LogP contribution in [0.3, 0.4) is 0 Å². The highest BCUT2D eigenvalue weighted by molar-refractivity contribution is 6.02. The molecule has 1 unspecified atom stereocenters. The van der Waals surface area contributed by atoms with Gasteiger partial charge in [-0.2, -0.15) is 0 Å². The molecular formula is C15H19N3O2. The Kier molecular flexibility index (Phi) is 4.53. The number of hydrogen-bond donors (Lipinski definition) is 2. The zero-order valence-electron chi connectivity index (χ0n) is 11.9. The summed E-state index contributed by atoms with van der Waals surface area (Å²) in [5.41, 5.74) is 2.55. The molecule has 5 nitrogen and oxygen atoms in total. The Hall–Kier alpha value is -2.14. The second-order valence-corrected chi connectivity index (χ2v) is 4.69. The highest BCUT2D eigenvalue weighted by Crippen LogP contribution is 2.18. The molecule has 1 aromatic carbocycles. The summed E-state index contributed by atoms with van der Waals surface area (Å²) in [7, 11) is 0. The smallest absolute Gasteiger partial charge is 0.294 e. The van der Waals surface area contributed by atoms with E-state index >= 15 is 0 Å². The molecule has 0 spiro atoms. The maximum Gasteiger partial charge on any atom is 0.294 e. The van der Waals surface area contributed by atoms with Gasteiger partial charge in [0.25, 0.3) is 5.91 Å². The molecule has 2 rings (SSSR count). The van der Waals surface area contributed by atoms with Crippen LogP contribution in [0.2, 0.25) is 0 Å². The lowest BCUT2D eigenvalue weighted by atomic mass is 10.1. The van der Waals surface area contributed by atoms with Gasteiger partial charge >= 0.3 is 0 Å². The van der Waals surface area contributed by atoms with Crippen molar-refractivity contribution in [3.8, 4) is 0 Å². The largest absolute Gasteiger partial charge is 0.351 e. The van der Waals surface area contributed by atoms with Gasteiger partial charge in [-0.05, 0) is 38.1 Å². The summed E-state index contributed by atoms with van der Waals surface area (Å²) in [6, 6.07) is 9.61. The number of nitrogens with zero attached hydrogens (tertiary/aromatic N) is 1. The molecular weight excluding hydrogens is 254 g/mol. The van der Waals surface area contributed by atoms with Crippen molar-refractivity contribution in [3.63, 3.8) is 0 Å². The predicted octanol–water partition coefficient (Wildman–Crippen LogP) is 2.91. The van der Waals surface area contributed by atoms with Crippen LogP contribution in [-0.4, -0.2) is 17.6 Å². The lowest BCUT2D eigenvalue weighted by Gasteiger charge is -2.14. The molecule has 0 radical (unpaired) electrons. The predicted molar refractivity (Wildman–Crippen MR) is 77.7 cm³/mol. The molecule has 0 aliphatic heterocycles. The maximum absolute atomic E-state index is 12.0. The van der Waals surface area contributed by atoms with Gasteiger partial charge in [-0.15, -0.1) is 0 Å². The summed E-state index contributed by atoms with van der Waals surface area (Å²) in [4.78, 5) is 12.0. The zero-order chi connectivity index (χ0) is 14.5. The third-order valence-electron chi connectivity index (χ3n) is 3.01.